The van der Waals surface area contributed by atoms with Crippen molar-refractivity contribution in [2.24, 2.45) is 0 Å². The molecule has 1 saturated heterocycles. The molecule has 0 amide bonds. The Bertz CT molecular complexity index is 414. The number of aliphatic hydroxyl groups is 1. The van der Waals surface area contributed by atoms with Gasteiger partial charge in [0.05, 0.1) is 13.2 Å². The molecule has 0 aliphatic carbocycles. The lowest BCUT2D eigenvalue weighted by atomic mass is 9.79. The largest absolute Gasteiger partial charge is 0.380 e. The van der Waals surface area contributed by atoms with E-state index in [4.69, 9.17) is 4.74 Å². The Morgan fingerprint density at radius 1 is 1.12 bits per heavy atom. The molecule has 0 unspecified atom stereocenters. The molecule has 0 radical (unpaired) electrons. The fraction of sp³-hybridized carbons (Fsp3) is 0.600. The lowest BCUT2D eigenvalue weighted by Crippen LogP contribution is -2.47. The SMILES string of the molecule is Cc1cc(C(C)(C)C)cc(C)c1C1(O)COC1. The number of hydrogen-bond donors (Lipinski definition) is 1. The van der Waals surface area contributed by atoms with E-state index in [2.05, 4.69) is 46.8 Å². The van der Waals surface area contributed by atoms with Crippen LogP contribution in [0.1, 0.15) is 43.0 Å². The van der Waals surface area contributed by atoms with E-state index >= 15 is 0 Å². The lowest BCUT2D eigenvalue weighted by Gasteiger charge is -2.39. The normalized spacial score (nSPS) is 18.9. The molecule has 1 aliphatic rings. The molecule has 2 rings (SSSR count). The highest BCUT2D eigenvalue weighted by molar-refractivity contribution is 5.44. The van der Waals surface area contributed by atoms with E-state index in [1.807, 2.05) is 0 Å². The van der Waals surface area contributed by atoms with Crippen molar-refractivity contribution in [1.82, 2.24) is 0 Å². The van der Waals surface area contributed by atoms with Crippen molar-refractivity contribution >= 4 is 0 Å². The minimum Gasteiger partial charge on any atom is -0.380 e. The summed E-state index contributed by atoms with van der Waals surface area (Å²) in [6.07, 6.45) is 0. The Kier molecular flexibility index (Phi) is 2.83. The van der Waals surface area contributed by atoms with Crippen LogP contribution < -0.4 is 0 Å². The van der Waals surface area contributed by atoms with Gasteiger partial charge in [-0.2, -0.15) is 0 Å². The third kappa shape index (κ3) is 2.12. The first-order chi connectivity index (χ1) is 7.74. The first kappa shape index (κ1) is 12.6. The molecular formula is C15H22O2. The summed E-state index contributed by atoms with van der Waals surface area (Å²) in [5.41, 5.74) is 4.09. The molecule has 94 valence electrons. The van der Waals surface area contributed by atoms with Crippen molar-refractivity contribution in [3.05, 3.63) is 34.4 Å². The summed E-state index contributed by atoms with van der Waals surface area (Å²) >= 11 is 0. The summed E-state index contributed by atoms with van der Waals surface area (Å²) in [5, 5.41) is 10.4. The first-order valence-electron chi connectivity index (χ1n) is 6.16. The number of aryl methyl sites for hydroxylation is 2. The monoisotopic (exact) mass is 234 g/mol. The third-order valence-electron chi connectivity index (χ3n) is 3.55. The summed E-state index contributed by atoms with van der Waals surface area (Å²) in [6.45, 7) is 11.6. The molecule has 0 atom stereocenters. The Hall–Kier alpha value is -0.860. The number of hydrogen-bond acceptors (Lipinski definition) is 2. The Morgan fingerprint density at radius 2 is 1.59 bits per heavy atom. The van der Waals surface area contributed by atoms with Crippen LogP contribution in [0.5, 0.6) is 0 Å². The van der Waals surface area contributed by atoms with Gasteiger partial charge in [-0.15, -0.1) is 0 Å². The predicted octanol–water partition coefficient (Wildman–Crippen LogP) is 2.82. The van der Waals surface area contributed by atoms with Crippen molar-refractivity contribution in [2.75, 3.05) is 13.2 Å². The minimum atomic E-state index is -0.759. The van der Waals surface area contributed by atoms with Crippen LogP contribution in [0.2, 0.25) is 0 Å². The van der Waals surface area contributed by atoms with Gasteiger partial charge in [-0.1, -0.05) is 32.9 Å². The first-order valence-corrected chi connectivity index (χ1v) is 6.16. The van der Waals surface area contributed by atoms with Crippen molar-refractivity contribution in [1.29, 1.82) is 0 Å². The lowest BCUT2D eigenvalue weighted by molar-refractivity contribution is -0.185. The Morgan fingerprint density at radius 3 is 1.88 bits per heavy atom. The zero-order chi connectivity index (χ0) is 12.8. The third-order valence-corrected chi connectivity index (χ3v) is 3.55. The molecule has 0 bridgehead atoms. The Labute approximate surface area is 104 Å². The Balaban J connectivity index is 2.50. The van der Waals surface area contributed by atoms with E-state index in [9.17, 15) is 5.11 Å². The average Bonchev–Trinajstić information content (AvgIpc) is 2.12. The second-order valence-electron chi connectivity index (χ2n) is 6.26. The van der Waals surface area contributed by atoms with Gasteiger partial charge >= 0.3 is 0 Å². The quantitative estimate of drug-likeness (QED) is 0.809. The van der Waals surface area contributed by atoms with E-state index in [-0.39, 0.29) is 5.41 Å². The van der Waals surface area contributed by atoms with Gasteiger partial charge in [-0.25, -0.2) is 0 Å². The zero-order valence-corrected chi connectivity index (χ0v) is 11.4. The van der Waals surface area contributed by atoms with Crippen LogP contribution >= 0.6 is 0 Å². The molecule has 1 heterocycles. The van der Waals surface area contributed by atoms with E-state index in [0.717, 1.165) is 5.56 Å². The topological polar surface area (TPSA) is 29.5 Å². The maximum absolute atomic E-state index is 10.4. The molecule has 0 aromatic heterocycles. The van der Waals surface area contributed by atoms with Gasteiger partial charge in [-0.3, -0.25) is 0 Å². The maximum Gasteiger partial charge on any atom is 0.137 e. The van der Waals surface area contributed by atoms with E-state index in [1.165, 1.54) is 16.7 Å². The van der Waals surface area contributed by atoms with Crippen LogP contribution in [-0.2, 0) is 15.8 Å². The standard InChI is InChI=1S/C15H22O2/c1-10-6-12(14(3,4)5)7-11(2)13(10)15(16)8-17-9-15/h6-7,16H,8-9H2,1-5H3. The van der Waals surface area contributed by atoms with Crippen LogP contribution in [0.15, 0.2) is 12.1 Å². The molecule has 0 saturated carbocycles. The molecule has 1 fully saturated rings. The second-order valence-corrected chi connectivity index (χ2v) is 6.26. The van der Waals surface area contributed by atoms with Gasteiger partial charge in [0.2, 0.25) is 0 Å². The minimum absolute atomic E-state index is 0.146. The predicted molar refractivity (Wildman–Crippen MR) is 69.3 cm³/mol. The van der Waals surface area contributed by atoms with Gasteiger partial charge in [0.1, 0.15) is 5.60 Å². The number of rotatable bonds is 1. The maximum atomic E-state index is 10.4. The van der Waals surface area contributed by atoms with Gasteiger partial charge in [0.15, 0.2) is 0 Å². The zero-order valence-electron chi connectivity index (χ0n) is 11.4. The highest BCUT2D eigenvalue weighted by Gasteiger charge is 2.40. The summed E-state index contributed by atoms with van der Waals surface area (Å²) in [5.74, 6) is 0. The summed E-state index contributed by atoms with van der Waals surface area (Å²) in [6, 6.07) is 4.39. The molecule has 17 heavy (non-hydrogen) atoms. The van der Waals surface area contributed by atoms with Gasteiger partial charge < -0.3 is 9.84 Å². The fourth-order valence-electron chi connectivity index (χ4n) is 2.57. The van der Waals surface area contributed by atoms with Crippen molar-refractivity contribution in [2.45, 2.75) is 45.6 Å². The van der Waals surface area contributed by atoms with Gasteiger partial charge in [-0.05, 0) is 41.5 Å². The second kappa shape index (κ2) is 3.82. The van der Waals surface area contributed by atoms with Crippen molar-refractivity contribution in [3.63, 3.8) is 0 Å². The van der Waals surface area contributed by atoms with E-state index in [0.29, 0.717) is 13.2 Å². The van der Waals surface area contributed by atoms with Crippen LogP contribution in [0.4, 0.5) is 0 Å². The number of benzene rings is 1. The molecule has 1 aromatic carbocycles. The van der Waals surface area contributed by atoms with E-state index in [1.54, 1.807) is 0 Å². The van der Waals surface area contributed by atoms with Crippen LogP contribution in [0.3, 0.4) is 0 Å². The van der Waals surface area contributed by atoms with Crippen LogP contribution in [-0.4, -0.2) is 18.3 Å². The van der Waals surface area contributed by atoms with Gasteiger partial charge in [0.25, 0.3) is 0 Å². The van der Waals surface area contributed by atoms with Crippen LogP contribution in [0, 0.1) is 13.8 Å². The van der Waals surface area contributed by atoms with Crippen molar-refractivity contribution < 1.29 is 9.84 Å². The molecule has 0 spiro atoms. The average molecular weight is 234 g/mol. The summed E-state index contributed by atoms with van der Waals surface area (Å²) in [7, 11) is 0. The smallest absolute Gasteiger partial charge is 0.137 e. The molecule has 2 heteroatoms. The molecule has 2 nitrogen and oxygen atoms in total. The molecule has 1 aliphatic heterocycles. The molecular weight excluding hydrogens is 212 g/mol. The summed E-state index contributed by atoms with van der Waals surface area (Å²) < 4.78 is 5.15. The summed E-state index contributed by atoms with van der Waals surface area (Å²) in [4.78, 5) is 0. The van der Waals surface area contributed by atoms with Crippen molar-refractivity contribution in [3.8, 4) is 0 Å². The molecule has 1 N–H and O–H groups in total. The highest BCUT2D eigenvalue weighted by Crippen LogP contribution is 2.36. The van der Waals surface area contributed by atoms with E-state index < -0.39 is 5.60 Å². The van der Waals surface area contributed by atoms with Gasteiger partial charge in [0, 0.05) is 0 Å². The molecule has 1 aromatic rings. The number of ether oxygens (including phenoxy) is 1. The fourth-order valence-corrected chi connectivity index (χ4v) is 2.57. The highest BCUT2D eigenvalue weighted by atomic mass is 16.5. The van der Waals surface area contributed by atoms with Crippen LogP contribution in [0.25, 0.3) is 0 Å².